The van der Waals surface area contributed by atoms with Gasteiger partial charge in [0.1, 0.15) is 0 Å². The van der Waals surface area contributed by atoms with Gasteiger partial charge < -0.3 is 4.74 Å². The molecule has 0 saturated heterocycles. The van der Waals surface area contributed by atoms with Gasteiger partial charge in [0.05, 0.1) is 6.61 Å². The molecule has 1 amide bonds. The summed E-state index contributed by atoms with van der Waals surface area (Å²) in [5.74, 6) is 0.388. The van der Waals surface area contributed by atoms with E-state index in [4.69, 9.17) is 4.74 Å². The summed E-state index contributed by atoms with van der Waals surface area (Å²) in [7, 11) is 0. The van der Waals surface area contributed by atoms with Gasteiger partial charge in [-0.1, -0.05) is 26.7 Å². The molecule has 2 N–H and O–H groups in total. The van der Waals surface area contributed by atoms with E-state index in [-0.39, 0.29) is 17.8 Å². The van der Waals surface area contributed by atoms with Gasteiger partial charge >= 0.3 is 6.01 Å². The minimum Gasteiger partial charge on any atom is -0.463 e. The van der Waals surface area contributed by atoms with Crippen molar-refractivity contribution in [3.05, 3.63) is 0 Å². The zero-order valence-corrected chi connectivity index (χ0v) is 11.3. The van der Waals surface area contributed by atoms with Crippen LogP contribution < -0.4 is 10.1 Å². The third-order valence-electron chi connectivity index (χ3n) is 2.62. The summed E-state index contributed by atoms with van der Waals surface area (Å²) in [5.41, 5.74) is 0. The van der Waals surface area contributed by atoms with Crippen LogP contribution in [0.3, 0.4) is 0 Å². The molecule has 6 nitrogen and oxygen atoms in total. The summed E-state index contributed by atoms with van der Waals surface area (Å²) in [5, 5.41) is 9.22. The highest BCUT2D eigenvalue weighted by Crippen LogP contribution is 2.16. The number of nitrogens with zero attached hydrogens (tertiary/aromatic N) is 2. The van der Waals surface area contributed by atoms with E-state index in [0.717, 1.165) is 25.7 Å². The zero-order chi connectivity index (χ0) is 13.4. The Bertz CT molecular complexity index is 359. The SMILES string of the molecule is CCCC(CCC)C(=O)Nc1nc(OCC)n[nH]1. The van der Waals surface area contributed by atoms with Crippen molar-refractivity contribution in [2.75, 3.05) is 11.9 Å². The van der Waals surface area contributed by atoms with Gasteiger partial charge in [-0.15, -0.1) is 5.10 Å². The first-order valence-corrected chi connectivity index (χ1v) is 6.57. The molecule has 0 radical (unpaired) electrons. The van der Waals surface area contributed by atoms with Crippen LogP contribution >= 0.6 is 0 Å². The number of aromatic amines is 1. The van der Waals surface area contributed by atoms with Gasteiger partial charge in [-0.2, -0.15) is 4.98 Å². The highest BCUT2D eigenvalue weighted by atomic mass is 16.5. The number of carbonyl (C=O) groups excluding carboxylic acids is 1. The molecule has 0 unspecified atom stereocenters. The summed E-state index contributed by atoms with van der Waals surface area (Å²) in [6.07, 6.45) is 3.79. The summed E-state index contributed by atoms with van der Waals surface area (Å²) < 4.78 is 5.12. The molecule has 1 aromatic rings. The number of hydrogen-bond donors (Lipinski definition) is 2. The van der Waals surface area contributed by atoms with Gasteiger partial charge in [-0.25, -0.2) is 5.10 Å². The summed E-state index contributed by atoms with van der Waals surface area (Å²) in [6, 6.07) is 0.260. The highest BCUT2D eigenvalue weighted by molar-refractivity contribution is 5.90. The van der Waals surface area contributed by atoms with E-state index in [0.29, 0.717) is 12.6 Å². The number of ether oxygens (including phenoxy) is 1. The normalized spacial score (nSPS) is 10.7. The Labute approximate surface area is 108 Å². The lowest BCUT2D eigenvalue weighted by Gasteiger charge is -2.13. The molecular formula is C12H22N4O2. The minimum atomic E-state index is -0.00195. The van der Waals surface area contributed by atoms with Crippen LogP contribution in [-0.2, 0) is 4.79 Å². The third kappa shape index (κ3) is 4.35. The molecule has 0 aliphatic carbocycles. The van der Waals surface area contributed by atoms with Crippen LogP contribution in [0.2, 0.25) is 0 Å². The fourth-order valence-corrected chi connectivity index (χ4v) is 1.82. The number of nitrogens with one attached hydrogen (secondary N) is 2. The maximum atomic E-state index is 12.0. The van der Waals surface area contributed by atoms with Gasteiger partial charge in [-0.05, 0) is 19.8 Å². The number of aromatic nitrogens is 3. The maximum Gasteiger partial charge on any atom is 0.337 e. The minimum absolute atomic E-state index is 0.00195. The second-order valence-corrected chi connectivity index (χ2v) is 4.16. The van der Waals surface area contributed by atoms with Crippen molar-refractivity contribution >= 4 is 11.9 Å². The molecule has 0 aliphatic heterocycles. The largest absolute Gasteiger partial charge is 0.463 e. The van der Waals surface area contributed by atoms with Crippen LogP contribution in [0.1, 0.15) is 46.5 Å². The Balaban J connectivity index is 2.55. The Morgan fingerprint density at radius 3 is 2.56 bits per heavy atom. The van der Waals surface area contributed by atoms with Crippen LogP contribution in [0.5, 0.6) is 6.01 Å². The van der Waals surface area contributed by atoms with Crippen molar-refractivity contribution in [2.24, 2.45) is 5.92 Å². The molecule has 0 aromatic carbocycles. The fourth-order valence-electron chi connectivity index (χ4n) is 1.82. The van der Waals surface area contributed by atoms with E-state index in [2.05, 4.69) is 34.3 Å². The molecule has 1 heterocycles. The quantitative estimate of drug-likeness (QED) is 0.746. The number of H-pyrrole nitrogens is 1. The van der Waals surface area contributed by atoms with Crippen molar-refractivity contribution in [3.8, 4) is 6.01 Å². The predicted octanol–water partition coefficient (Wildman–Crippen LogP) is 2.36. The van der Waals surface area contributed by atoms with Gasteiger partial charge in [0, 0.05) is 5.92 Å². The van der Waals surface area contributed by atoms with E-state index in [1.807, 2.05) is 6.92 Å². The van der Waals surface area contributed by atoms with E-state index in [1.165, 1.54) is 0 Å². The van der Waals surface area contributed by atoms with Gasteiger partial charge in [0.25, 0.3) is 0 Å². The molecule has 6 heteroatoms. The highest BCUT2D eigenvalue weighted by Gasteiger charge is 2.18. The Morgan fingerprint density at radius 1 is 1.33 bits per heavy atom. The van der Waals surface area contributed by atoms with Crippen LogP contribution in [0.4, 0.5) is 5.95 Å². The monoisotopic (exact) mass is 254 g/mol. The maximum absolute atomic E-state index is 12.0. The number of rotatable bonds is 8. The predicted molar refractivity (Wildman–Crippen MR) is 69.5 cm³/mol. The molecular weight excluding hydrogens is 232 g/mol. The molecule has 0 bridgehead atoms. The molecule has 0 fully saturated rings. The Hall–Kier alpha value is -1.59. The van der Waals surface area contributed by atoms with Crippen molar-refractivity contribution in [1.29, 1.82) is 0 Å². The molecule has 0 atom stereocenters. The molecule has 102 valence electrons. The third-order valence-corrected chi connectivity index (χ3v) is 2.62. The summed E-state index contributed by atoms with van der Waals surface area (Å²) in [4.78, 5) is 16.0. The first-order valence-electron chi connectivity index (χ1n) is 6.57. The second kappa shape index (κ2) is 7.68. The van der Waals surface area contributed by atoms with Crippen LogP contribution in [0.15, 0.2) is 0 Å². The first kappa shape index (κ1) is 14.5. The smallest absolute Gasteiger partial charge is 0.337 e. The van der Waals surface area contributed by atoms with E-state index in [9.17, 15) is 4.79 Å². The summed E-state index contributed by atoms with van der Waals surface area (Å²) >= 11 is 0. The van der Waals surface area contributed by atoms with Gasteiger partial charge in [0.15, 0.2) is 0 Å². The topological polar surface area (TPSA) is 79.9 Å². The Morgan fingerprint density at radius 2 is 2.00 bits per heavy atom. The van der Waals surface area contributed by atoms with Crippen molar-refractivity contribution in [1.82, 2.24) is 15.2 Å². The standard InChI is InChI=1S/C12H22N4O2/c1-4-7-9(8-5-2)10(17)13-11-14-12(16-15-11)18-6-3/h9H,4-8H2,1-3H3,(H2,13,14,15,16,17). The average molecular weight is 254 g/mol. The van der Waals surface area contributed by atoms with Crippen LogP contribution in [0, 0.1) is 5.92 Å². The first-order chi connectivity index (χ1) is 8.71. The Kier molecular flexibility index (Phi) is 6.18. The molecule has 0 spiro atoms. The molecule has 0 aliphatic rings. The molecule has 0 saturated carbocycles. The second-order valence-electron chi connectivity index (χ2n) is 4.16. The van der Waals surface area contributed by atoms with Crippen molar-refractivity contribution in [3.63, 3.8) is 0 Å². The lowest BCUT2D eigenvalue weighted by atomic mass is 9.97. The van der Waals surface area contributed by atoms with Crippen molar-refractivity contribution in [2.45, 2.75) is 46.5 Å². The number of hydrogen-bond acceptors (Lipinski definition) is 4. The average Bonchev–Trinajstić information content (AvgIpc) is 2.77. The number of amides is 1. The van der Waals surface area contributed by atoms with E-state index in [1.54, 1.807) is 0 Å². The van der Waals surface area contributed by atoms with Crippen molar-refractivity contribution < 1.29 is 9.53 Å². The number of anilines is 1. The molecule has 18 heavy (non-hydrogen) atoms. The van der Waals surface area contributed by atoms with Gasteiger partial charge in [-0.3, -0.25) is 10.1 Å². The molecule has 1 rings (SSSR count). The lowest BCUT2D eigenvalue weighted by Crippen LogP contribution is -2.23. The lowest BCUT2D eigenvalue weighted by molar-refractivity contribution is -0.120. The number of carbonyl (C=O) groups is 1. The van der Waals surface area contributed by atoms with E-state index >= 15 is 0 Å². The van der Waals surface area contributed by atoms with E-state index < -0.39 is 0 Å². The van der Waals surface area contributed by atoms with Crippen LogP contribution in [0.25, 0.3) is 0 Å². The van der Waals surface area contributed by atoms with Gasteiger partial charge in [0.2, 0.25) is 11.9 Å². The van der Waals surface area contributed by atoms with Crippen LogP contribution in [-0.4, -0.2) is 27.7 Å². The molecule has 1 aromatic heterocycles. The zero-order valence-electron chi connectivity index (χ0n) is 11.3. The fraction of sp³-hybridized carbons (Fsp3) is 0.750. The summed E-state index contributed by atoms with van der Waals surface area (Å²) in [6.45, 7) is 6.52.